The molecule has 0 N–H and O–H groups in total. The van der Waals surface area contributed by atoms with Crippen molar-refractivity contribution in [2.24, 2.45) is 0 Å². The van der Waals surface area contributed by atoms with Crippen LogP contribution >= 0.6 is 22.9 Å². The molecule has 0 atom stereocenters. The summed E-state index contributed by atoms with van der Waals surface area (Å²) < 4.78 is 5.76. The molecule has 0 fully saturated rings. The molecule has 0 saturated heterocycles. The first kappa shape index (κ1) is 12.3. The fourth-order valence-corrected chi connectivity index (χ4v) is 2.39. The second-order valence-corrected chi connectivity index (χ2v) is 5.30. The maximum atomic E-state index is 5.98. The van der Waals surface area contributed by atoms with E-state index in [0.717, 1.165) is 12.0 Å². The van der Waals surface area contributed by atoms with E-state index in [9.17, 15) is 0 Å². The van der Waals surface area contributed by atoms with E-state index in [4.69, 9.17) is 16.1 Å². The van der Waals surface area contributed by atoms with E-state index in [1.165, 1.54) is 11.3 Å². The predicted molar refractivity (Wildman–Crippen MR) is 72.1 cm³/mol. The lowest BCUT2D eigenvalue weighted by Crippen LogP contribution is -1.92. The fraction of sp³-hybridized carbons (Fsp3) is 0.167. The van der Waals surface area contributed by atoms with Crippen LogP contribution in [0.4, 0.5) is 0 Å². The Bertz CT molecular complexity index is 667. The largest absolute Gasteiger partial charge is 0.339 e. The Balaban J connectivity index is 1.71. The summed E-state index contributed by atoms with van der Waals surface area (Å²) in [7, 11) is 0. The molecule has 0 aliphatic heterocycles. The molecule has 3 rings (SSSR count). The second-order valence-electron chi connectivity index (χ2n) is 3.85. The molecule has 0 amide bonds. The van der Waals surface area contributed by atoms with Crippen molar-refractivity contribution >= 4 is 22.9 Å². The van der Waals surface area contributed by atoms with Gasteiger partial charge in [-0.3, -0.25) is 4.98 Å². The topological polar surface area (TPSA) is 64.7 Å². The Labute approximate surface area is 118 Å². The van der Waals surface area contributed by atoms with Gasteiger partial charge in [-0.05, 0) is 18.1 Å². The molecule has 3 aromatic rings. The maximum absolute atomic E-state index is 5.98. The van der Waals surface area contributed by atoms with Gasteiger partial charge in [0.25, 0.3) is 0 Å². The minimum Gasteiger partial charge on any atom is -0.339 e. The third kappa shape index (κ3) is 2.80. The summed E-state index contributed by atoms with van der Waals surface area (Å²) in [6.45, 7) is 0. The van der Waals surface area contributed by atoms with Crippen LogP contribution in [-0.4, -0.2) is 20.1 Å². The van der Waals surface area contributed by atoms with Gasteiger partial charge in [0.15, 0.2) is 0 Å². The smallest absolute Gasteiger partial charge is 0.227 e. The Morgan fingerprint density at radius 3 is 3.00 bits per heavy atom. The van der Waals surface area contributed by atoms with E-state index in [-0.39, 0.29) is 0 Å². The van der Waals surface area contributed by atoms with E-state index < -0.39 is 0 Å². The number of halogens is 1. The van der Waals surface area contributed by atoms with E-state index >= 15 is 0 Å². The van der Waals surface area contributed by atoms with E-state index in [2.05, 4.69) is 20.1 Å². The van der Waals surface area contributed by atoms with E-state index in [1.807, 2.05) is 18.3 Å². The Hall–Kier alpha value is -1.79. The van der Waals surface area contributed by atoms with Crippen LogP contribution in [0.2, 0.25) is 4.34 Å². The summed E-state index contributed by atoms with van der Waals surface area (Å²) in [6, 6.07) is 3.92. The van der Waals surface area contributed by atoms with Crippen molar-refractivity contribution < 1.29 is 4.52 Å². The zero-order valence-electron chi connectivity index (χ0n) is 9.78. The van der Waals surface area contributed by atoms with Crippen molar-refractivity contribution in [1.82, 2.24) is 20.1 Å². The molecule has 3 aromatic heterocycles. The fourth-order valence-electron chi connectivity index (χ4n) is 1.63. The first-order valence-electron chi connectivity index (χ1n) is 5.64. The van der Waals surface area contributed by atoms with Crippen molar-refractivity contribution in [3.8, 4) is 11.5 Å². The molecule has 0 bridgehead atoms. The molecule has 0 unspecified atom stereocenters. The van der Waals surface area contributed by atoms with E-state index in [1.54, 1.807) is 11.7 Å². The van der Waals surface area contributed by atoms with Crippen LogP contribution < -0.4 is 0 Å². The van der Waals surface area contributed by atoms with Crippen LogP contribution in [-0.2, 0) is 12.8 Å². The lowest BCUT2D eigenvalue weighted by atomic mass is 10.1. The molecule has 7 heteroatoms. The molecule has 0 aliphatic carbocycles. The van der Waals surface area contributed by atoms with Gasteiger partial charge in [-0.25, -0.2) is 4.98 Å². The van der Waals surface area contributed by atoms with Crippen LogP contribution in [0.15, 0.2) is 34.6 Å². The van der Waals surface area contributed by atoms with Crippen molar-refractivity contribution in [1.29, 1.82) is 0 Å². The number of nitrogens with zero attached hydrogens (tertiary/aromatic N) is 4. The molecule has 5 nitrogen and oxygen atoms in total. The summed E-state index contributed by atoms with van der Waals surface area (Å²) in [5, 5.41) is 3.89. The molecule has 0 spiro atoms. The number of hydrogen-bond donors (Lipinski definition) is 0. The summed E-state index contributed by atoms with van der Waals surface area (Å²) >= 11 is 7.33. The Morgan fingerprint density at radius 2 is 2.26 bits per heavy atom. The predicted octanol–water partition coefficient (Wildman–Crippen LogP) is 3.03. The van der Waals surface area contributed by atoms with Gasteiger partial charge in [0.1, 0.15) is 10.0 Å². The quantitative estimate of drug-likeness (QED) is 0.739. The van der Waals surface area contributed by atoms with E-state index in [0.29, 0.717) is 28.2 Å². The monoisotopic (exact) mass is 292 g/mol. The van der Waals surface area contributed by atoms with Crippen LogP contribution in [0, 0.1) is 0 Å². The number of thiazole rings is 1. The lowest BCUT2D eigenvalue weighted by molar-refractivity contribution is 0.378. The summed E-state index contributed by atoms with van der Waals surface area (Å²) in [6.07, 6.45) is 5.05. The molecule has 19 heavy (non-hydrogen) atoms. The summed E-state index contributed by atoms with van der Waals surface area (Å²) in [4.78, 5) is 12.5. The SMILES string of the molecule is Clc1scnc1-c1noc(CCc2cccnc2)n1. The molecular weight excluding hydrogens is 284 g/mol. The molecule has 0 aromatic carbocycles. The standard InChI is InChI=1S/C12H9ClN4OS/c13-11-10(15-7-19-11)12-16-9(18-17-12)4-3-8-2-1-5-14-6-8/h1-2,5-7H,3-4H2. The van der Waals surface area contributed by atoms with Gasteiger partial charge in [0.05, 0.1) is 5.51 Å². The second kappa shape index (κ2) is 5.46. The molecule has 0 saturated carbocycles. The van der Waals surface area contributed by atoms with Gasteiger partial charge >= 0.3 is 0 Å². The van der Waals surface area contributed by atoms with Gasteiger partial charge in [-0.1, -0.05) is 22.8 Å². The van der Waals surface area contributed by atoms with Gasteiger partial charge in [-0.15, -0.1) is 11.3 Å². The maximum Gasteiger partial charge on any atom is 0.227 e. The highest BCUT2D eigenvalue weighted by atomic mass is 35.5. The van der Waals surface area contributed by atoms with Crippen molar-refractivity contribution in [3.63, 3.8) is 0 Å². The number of aromatic nitrogens is 4. The highest BCUT2D eigenvalue weighted by Gasteiger charge is 2.14. The van der Waals surface area contributed by atoms with Crippen LogP contribution in [0.1, 0.15) is 11.5 Å². The average Bonchev–Trinajstić information content (AvgIpc) is 3.06. The Kier molecular flexibility index (Phi) is 3.52. The minimum absolute atomic E-state index is 0.437. The lowest BCUT2D eigenvalue weighted by Gasteiger charge is -1.95. The Morgan fingerprint density at radius 1 is 1.32 bits per heavy atom. The number of aryl methyl sites for hydroxylation is 2. The van der Waals surface area contributed by atoms with Crippen LogP contribution in [0.3, 0.4) is 0 Å². The average molecular weight is 293 g/mol. The first-order chi connectivity index (χ1) is 9.33. The van der Waals surface area contributed by atoms with Gasteiger partial charge in [0.2, 0.25) is 11.7 Å². The summed E-state index contributed by atoms with van der Waals surface area (Å²) in [5.74, 6) is 1.01. The normalized spacial score (nSPS) is 10.8. The van der Waals surface area contributed by atoms with Gasteiger partial charge in [-0.2, -0.15) is 4.98 Å². The number of pyridine rings is 1. The molecular formula is C12H9ClN4OS. The third-order valence-electron chi connectivity index (χ3n) is 2.55. The highest BCUT2D eigenvalue weighted by molar-refractivity contribution is 7.14. The summed E-state index contributed by atoms with van der Waals surface area (Å²) in [5.41, 5.74) is 3.36. The zero-order valence-corrected chi connectivity index (χ0v) is 11.4. The van der Waals surface area contributed by atoms with Gasteiger partial charge in [0, 0.05) is 18.8 Å². The van der Waals surface area contributed by atoms with Crippen molar-refractivity contribution in [2.75, 3.05) is 0 Å². The van der Waals surface area contributed by atoms with Crippen molar-refractivity contribution in [3.05, 3.63) is 45.8 Å². The highest BCUT2D eigenvalue weighted by Crippen LogP contribution is 2.27. The van der Waals surface area contributed by atoms with Crippen molar-refractivity contribution in [2.45, 2.75) is 12.8 Å². The first-order valence-corrected chi connectivity index (χ1v) is 6.89. The molecule has 0 aliphatic rings. The minimum atomic E-state index is 0.437. The molecule has 96 valence electrons. The molecule has 0 radical (unpaired) electrons. The third-order valence-corrected chi connectivity index (χ3v) is 3.61. The van der Waals surface area contributed by atoms with Gasteiger partial charge < -0.3 is 4.52 Å². The molecule has 3 heterocycles. The van der Waals surface area contributed by atoms with Crippen LogP contribution in [0.5, 0.6) is 0 Å². The number of rotatable bonds is 4. The van der Waals surface area contributed by atoms with Crippen LogP contribution in [0.25, 0.3) is 11.5 Å². The number of hydrogen-bond acceptors (Lipinski definition) is 6. The zero-order chi connectivity index (χ0) is 13.1.